The van der Waals surface area contributed by atoms with Crippen molar-refractivity contribution in [2.24, 2.45) is 7.05 Å². The molecule has 0 saturated carbocycles. The van der Waals surface area contributed by atoms with Gasteiger partial charge in [-0.3, -0.25) is 4.79 Å². The van der Waals surface area contributed by atoms with Gasteiger partial charge in [0.2, 0.25) is 0 Å². The zero-order valence-electron chi connectivity index (χ0n) is 17.0. The molecule has 0 atom stereocenters. The fourth-order valence-electron chi connectivity index (χ4n) is 3.38. The number of methoxy groups -OCH3 is 2. The maximum atomic E-state index is 12.8. The number of fused-ring (bicyclic) bond motifs is 1. The standard InChI is InChI=1S/C23H22N4O3/c1-27-21(26-19-8-5-11-24-22(19)27)15-6-4-7-16(12-15)23(28)25-14-17-13-18(29-2)9-10-20(17)30-3/h4-13H,14H2,1-3H3,(H,25,28). The van der Waals surface area contributed by atoms with Crippen LogP contribution < -0.4 is 14.8 Å². The van der Waals surface area contributed by atoms with Crippen molar-refractivity contribution < 1.29 is 14.3 Å². The lowest BCUT2D eigenvalue weighted by Gasteiger charge is -2.12. The number of benzene rings is 2. The Morgan fingerprint density at radius 2 is 1.93 bits per heavy atom. The number of ether oxygens (including phenoxy) is 2. The molecule has 0 bridgehead atoms. The van der Waals surface area contributed by atoms with Crippen molar-refractivity contribution in [3.05, 3.63) is 71.9 Å². The number of nitrogens with zero attached hydrogens (tertiary/aromatic N) is 3. The van der Waals surface area contributed by atoms with E-state index in [1.165, 1.54) is 0 Å². The second-order valence-corrected chi connectivity index (χ2v) is 6.78. The van der Waals surface area contributed by atoms with Gasteiger partial charge in [0, 0.05) is 36.5 Å². The molecule has 4 rings (SSSR count). The monoisotopic (exact) mass is 402 g/mol. The average molecular weight is 402 g/mol. The van der Waals surface area contributed by atoms with Gasteiger partial charge in [-0.15, -0.1) is 0 Å². The van der Waals surface area contributed by atoms with E-state index in [1.807, 2.05) is 60.1 Å². The van der Waals surface area contributed by atoms with Gasteiger partial charge in [-0.1, -0.05) is 12.1 Å². The van der Waals surface area contributed by atoms with Gasteiger partial charge >= 0.3 is 0 Å². The van der Waals surface area contributed by atoms with Crippen molar-refractivity contribution in [1.82, 2.24) is 19.9 Å². The largest absolute Gasteiger partial charge is 0.497 e. The van der Waals surface area contributed by atoms with Gasteiger partial charge in [-0.25, -0.2) is 9.97 Å². The summed E-state index contributed by atoms with van der Waals surface area (Å²) in [6.07, 6.45) is 1.74. The van der Waals surface area contributed by atoms with Crippen molar-refractivity contribution in [1.29, 1.82) is 0 Å². The average Bonchev–Trinajstić information content (AvgIpc) is 3.14. The molecule has 0 aliphatic carbocycles. The predicted octanol–water partition coefficient (Wildman–Crippen LogP) is 3.58. The third-order valence-electron chi connectivity index (χ3n) is 4.94. The molecular weight excluding hydrogens is 380 g/mol. The van der Waals surface area contributed by atoms with Crippen LogP contribution in [0, 0.1) is 0 Å². The lowest BCUT2D eigenvalue weighted by molar-refractivity contribution is 0.0950. The molecule has 0 saturated heterocycles. The Labute approximate surface area is 174 Å². The van der Waals surface area contributed by atoms with Crippen LogP contribution in [0.4, 0.5) is 0 Å². The van der Waals surface area contributed by atoms with Crippen LogP contribution in [0.3, 0.4) is 0 Å². The van der Waals surface area contributed by atoms with Crippen molar-refractivity contribution in [2.75, 3.05) is 14.2 Å². The van der Waals surface area contributed by atoms with E-state index in [4.69, 9.17) is 9.47 Å². The smallest absolute Gasteiger partial charge is 0.251 e. The number of amides is 1. The van der Waals surface area contributed by atoms with Crippen molar-refractivity contribution >= 4 is 17.1 Å². The van der Waals surface area contributed by atoms with Crippen molar-refractivity contribution in [3.63, 3.8) is 0 Å². The first kappa shape index (κ1) is 19.4. The molecule has 7 nitrogen and oxygen atoms in total. The molecule has 4 aromatic rings. The van der Waals surface area contributed by atoms with Gasteiger partial charge < -0.3 is 19.4 Å². The first-order valence-electron chi connectivity index (χ1n) is 9.47. The second-order valence-electron chi connectivity index (χ2n) is 6.78. The highest BCUT2D eigenvalue weighted by Crippen LogP contribution is 2.25. The molecule has 7 heteroatoms. The fraction of sp³-hybridized carbons (Fsp3) is 0.174. The Balaban J connectivity index is 1.57. The molecule has 2 aromatic carbocycles. The Kier molecular flexibility index (Phi) is 5.34. The third-order valence-corrected chi connectivity index (χ3v) is 4.94. The number of imidazole rings is 1. The summed E-state index contributed by atoms with van der Waals surface area (Å²) in [7, 11) is 5.12. The Morgan fingerprint density at radius 1 is 1.07 bits per heavy atom. The van der Waals surface area contributed by atoms with Crippen molar-refractivity contribution in [2.45, 2.75) is 6.54 Å². The number of hydrogen-bond donors (Lipinski definition) is 1. The molecule has 30 heavy (non-hydrogen) atoms. The van der Waals surface area contributed by atoms with Crippen LogP contribution in [-0.4, -0.2) is 34.7 Å². The number of carbonyl (C=O) groups excluding carboxylic acids is 1. The lowest BCUT2D eigenvalue weighted by Crippen LogP contribution is -2.23. The first-order valence-corrected chi connectivity index (χ1v) is 9.47. The van der Waals surface area contributed by atoms with Crippen LogP contribution in [0.2, 0.25) is 0 Å². The molecule has 0 aliphatic heterocycles. The molecule has 2 aromatic heterocycles. The summed E-state index contributed by atoms with van der Waals surface area (Å²) < 4.78 is 12.6. The number of aromatic nitrogens is 3. The molecule has 0 fully saturated rings. The molecule has 2 heterocycles. The van der Waals surface area contributed by atoms with Gasteiger partial charge in [-0.05, 0) is 42.5 Å². The molecule has 1 amide bonds. The summed E-state index contributed by atoms with van der Waals surface area (Å²) in [6, 6.07) is 16.7. The molecule has 0 spiro atoms. The maximum Gasteiger partial charge on any atom is 0.251 e. The number of nitrogens with one attached hydrogen (secondary N) is 1. The van der Waals surface area contributed by atoms with Gasteiger partial charge in [0.05, 0.1) is 14.2 Å². The number of rotatable bonds is 6. The third kappa shape index (κ3) is 3.69. The minimum absolute atomic E-state index is 0.182. The predicted molar refractivity (Wildman–Crippen MR) is 115 cm³/mol. The highest BCUT2D eigenvalue weighted by molar-refractivity contribution is 5.95. The van der Waals surface area contributed by atoms with E-state index in [1.54, 1.807) is 26.5 Å². The normalized spacial score (nSPS) is 10.8. The minimum Gasteiger partial charge on any atom is -0.497 e. The second kappa shape index (κ2) is 8.24. The summed E-state index contributed by atoms with van der Waals surface area (Å²) in [6.45, 7) is 0.319. The van der Waals surface area contributed by atoms with E-state index >= 15 is 0 Å². The summed E-state index contributed by atoms with van der Waals surface area (Å²) >= 11 is 0. The molecule has 0 aliphatic rings. The van der Waals surface area contributed by atoms with Crippen LogP contribution >= 0.6 is 0 Å². The van der Waals surface area contributed by atoms with Crippen LogP contribution in [0.5, 0.6) is 11.5 Å². The Hall–Kier alpha value is -3.87. The number of carbonyl (C=O) groups is 1. The maximum absolute atomic E-state index is 12.8. The Bertz CT molecular complexity index is 1220. The Morgan fingerprint density at radius 3 is 2.70 bits per heavy atom. The summed E-state index contributed by atoms with van der Waals surface area (Å²) in [5.74, 6) is 1.97. The lowest BCUT2D eigenvalue weighted by atomic mass is 10.1. The van der Waals surface area contributed by atoms with E-state index in [2.05, 4.69) is 15.3 Å². The van der Waals surface area contributed by atoms with Crippen molar-refractivity contribution in [3.8, 4) is 22.9 Å². The van der Waals surface area contributed by atoms with Gasteiger partial charge in [0.1, 0.15) is 22.8 Å². The summed E-state index contributed by atoms with van der Waals surface area (Å²) in [5.41, 5.74) is 3.85. The number of aryl methyl sites for hydroxylation is 1. The molecule has 0 radical (unpaired) electrons. The van der Waals surface area contributed by atoms with E-state index < -0.39 is 0 Å². The summed E-state index contributed by atoms with van der Waals surface area (Å²) in [5, 5.41) is 2.95. The van der Waals surface area contributed by atoms with Crippen LogP contribution in [0.1, 0.15) is 15.9 Å². The minimum atomic E-state index is -0.182. The van der Waals surface area contributed by atoms with E-state index in [-0.39, 0.29) is 5.91 Å². The van der Waals surface area contributed by atoms with Gasteiger partial charge in [-0.2, -0.15) is 0 Å². The van der Waals surface area contributed by atoms with Crippen LogP contribution in [0.15, 0.2) is 60.8 Å². The van der Waals surface area contributed by atoms with Gasteiger partial charge in [0.15, 0.2) is 5.65 Å². The molecular formula is C23H22N4O3. The van der Waals surface area contributed by atoms with E-state index in [0.717, 1.165) is 28.1 Å². The zero-order valence-corrected chi connectivity index (χ0v) is 17.0. The van der Waals surface area contributed by atoms with E-state index in [0.29, 0.717) is 23.6 Å². The fourth-order valence-corrected chi connectivity index (χ4v) is 3.38. The summed E-state index contributed by atoms with van der Waals surface area (Å²) in [4.78, 5) is 21.8. The zero-order chi connectivity index (χ0) is 21.1. The van der Waals surface area contributed by atoms with Crippen LogP contribution in [-0.2, 0) is 13.6 Å². The van der Waals surface area contributed by atoms with Gasteiger partial charge in [0.25, 0.3) is 5.91 Å². The van der Waals surface area contributed by atoms with Crippen LogP contribution in [0.25, 0.3) is 22.6 Å². The topological polar surface area (TPSA) is 78.3 Å². The highest BCUT2D eigenvalue weighted by Gasteiger charge is 2.14. The number of hydrogen-bond acceptors (Lipinski definition) is 5. The molecule has 1 N–H and O–H groups in total. The highest BCUT2D eigenvalue weighted by atomic mass is 16.5. The SMILES string of the molecule is COc1ccc(OC)c(CNC(=O)c2cccc(-c3nc4cccnc4n3C)c2)c1. The van der Waals surface area contributed by atoms with E-state index in [9.17, 15) is 4.79 Å². The molecule has 0 unspecified atom stereocenters. The quantitative estimate of drug-likeness (QED) is 0.533. The molecule has 152 valence electrons. The number of pyridine rings is 1. The first-order chi connectivity index (χ1) is 14.6.